The highest BCUT2D eigenvalue weighted by atomic mass is 16.6. The first-order valence-corrected chi connectivity index (χ1v) is 12.6. The average molecular weight is 490 g/mol. The van der Waals surface area contributed by atoms with E-state index >= 15 is 0 Å². The molecular weight excluding hydrogens is 462 g/mol. The Kier molecular flexibility index (Phi) is 5.52. The summed E-state index contributed by atoms with van der Waals surface area (Å²) in [5.74, 6) is 0.167. The second-order valence-electron chi connectivity index (χ2n) is 9.05. The molecular formula is C31H27N3O3. The van der Waals surface area contributed by atoms with E-state index in [0.29, 0.717) is 23.7 Å². The minimum Gasteiger partial charge on any atom is -0.478 e. The summed E-state index contributed by atoms with van der Waals surface area (Å²) >= 11 is 0. The molecule has 4 heterocycles. The molecule has 0 saturated carbocycles. The molecule has 0 N–H and O–H groups in total. The molecule has 6 heteroatoms. The zero-order valence-electron chi connectivity index (χ0n) is 21.1. The maximum atomic E-state index is 13.4. The number of carbonyl (C=O) groups excluding carboxylic acids is 1. The quantitative estimate of drug-likeness (QED) is 0.262. The van der Waals surface area contributed by atoms with Gasteiger partial charge in [-0.25, -0.2) is 9.78 Å². The molecule has 0 fully saturated rings. The van der Waals surface area contributed by atoms with Gasteiger partial charge in [0.25, 0.3) is 0 Å². The van der Waals surface area contributed by atoms with Crippen LogP contribution >= 0.6 is 0 Å². The monoisotopic (exact) mass is 489 g/mol. The Morgan fingerprint density at radius 3 is 2.54 bits per heavy atom. The highest BCUT2D eigenvalue weighted by molar-refractivity contribution is 5.98. The number of fused-ring (bicyclic) bond motifs is 2. The van der Waals surface area contributed by atoms with Gasteiger partial charge in [0.05, 0.1) is 12.2 Å². The second-order valence-corrected chi connectivity index (χ2v) is 9.05. The van der Waals surface area contributed by atoms with Crippen LogP contribution in [0, 0.1) is 6.92 Å². The maximum Gasteiger partial charge on any atom is 0.341 e. The smallest absolute Gasteiger partial charge is 0.341 e. The van der Waals surface area contributed by atoms with Crippen molar-refractivity contribution in [2.24, 2.45) is 0 Å². The van der Waals surface area contributed by atoms with Gasteiger partial charge in [-0.1, -0.05) is 42.5 Å². The standard InChI is InChI=1S/C31H27N3O3/c1-4-34-20(3)28(23-12-7-9-15-26(23)34)31(29-24(30(35)37-31)13-10-17-33-29)25-14-8-6-11-22(25)21-16-18-32-27(19-21)36-5-2/h6-19H,4-5H2,1-3H3. The molecule has 1 aliphatic heterocycles. The van der Waals surface area contributed by atoms with E-state index in [1.807, 2.05) is 55.5 Å². The van der Waals surface area contributed by atoms with E-state index in [-0.39, 0.29) is 5.97 Å². The van der Waals surface area contributed by atoms with Crippen LogP contribution < -0.4 is 4.74 Å². The van der Waals surface area contributed by atoms with Gasteiger partial charge in [-0.2, -0.15) is 0 Å². The fourth-order valence-corrected chi connectivity index (χ4v) is 5.71. The molecule has 0 amide bonds. The zero-order valence-corrected chi connectivity index (χ0v) is 21.1. The van der Waals surface area contributed by atoms with Gasteiger partial charge < -0.3 is 14.0 Å². The molecule has 184 valence electrons. The number of aromatic nitrogens is 3. The SMILES string of the molecule is CCOc1cc(-c2ccccc2C2(c3c(C)n(CC)c4ccccc34)OC(=O)c3cccnc32)ccn1. The lowest BCUT2D eigenvalue weighted by atomic mass is 9.78. The minimum atomic E-state index is -1.23. The van der Waals surface area contributed by atoms with Crippen LogP contribution in [0.3, 0.4) is 0 Å². The molecule has 5 aromatic rings. The van der Waals surface area contributed by atoms with Crippen molar-refractivity contribution in [1.29, 1.82) is 0 Å². The van der Waals surface area contributed by atoms with E-state index in [9.17, 15) is 4.79 Å². The number of hydrogen-bond donors (Lipinski definition) is 0. The lowest BCUT2D eigenvalue weighted by Crippen LogP contribution is -2.32. The van der Waals surface area contributed by atoms with Crippen LogP contribution in [0.1, 0.15) is 46.7 Å². The first-order valence-electron chi connectivity index (χ1n) is 12.6. The molecule has 37 heavy (non-hydrogen) atoms. The first kappa shape index (κ1) is 23.0. The Morgan fingerprint density at radius 2 is 1.70 bits per heavy atom. The van der Waals surface area contributed by atoms with Crippen LogP contribution in [-0.4, -0.2) is 27.1 Å². The number of pyridine rings is 2. The lowest BCUT2D eigenvalue weighted by Gasteiger charge is -2.31. The highest BCUT2D eigenvalue weighted by Crippen LogP contribution is 2.52. The van der Waals surface area contributed by atoms with Crippen molar-refractivity contribution in [1.82, 2.24) is 14.5 Å². The first-order chi connectivity index (χ1) is 18.1. The number of esters is 1. The average Bonchev–Trinajstić information content (AvgIpc) is 3.39. The third kappa shape index (κ3) is 3.36. The topological polar surface area (TPSA) is 66.2 Å². The summed E-state index contributed by atoms with van der Waals surface area (Å²) in [6, 6.07) is 23.8. The third-order valence-corrected chi connectivity index (χ3v) is 7.15. The minimum absolute atomic E-state index is 0.379. The summed E-state index contributed by atoms with van der Waals surface area (Å²) in [7, 11) is 0. The number of hydrogen-bond acceptors (Lipinski definition) is 5. The Morgan fingerprint density at radius 1 is 0.919 bits per heavy atom. The Balaban J connectivity index is 1.74. The summed E-state index contributed by atoms with van der Waals surface area (Å²) in [6.07, 6.45) is 3.47. The van der Waals surface area contributed by atoms with E-state index < -0.39 is 5.60 Å². The summed E-state index contributed by atoms with van der Waals surface area (Å²) in [5, 5.41) is 1.03. The Labute approximate surface area is 215 Å². The van der Waals surface area contributed by atoms with E-state index in [1.54, 1.807) is 24.5 Å². The number of rotatable bonds is 6. The van der Waals surface area contributed by atoms with Crippen molar-refractivity contribution in [3.05, 3.63) is 113 Å². The maximum absolute atomic E-state index is 13.4. The van der Waals surface area contributed by atoms with Gasteiger partial charge in [-0.05, 0) is 56.2 Å². The Bertz CT molecular complexity index is 1660. The summed E-state index contributed by atoms with van der Waals surface area (Å²) in [4.78, 5) is 22.6. The van der Waals surface area contributed by atoms with Crippen LogP contribution in [0.15, 0.2) is 85.2 Å². The van der Waals surface area contributed by atoms with Crippen LogP contribution in [0.2, 0.25) is 0 Å². The van der Waals surface area contributed by atoms with Gasteiger partial charge in [0.15, 0.2) is 0 Å². The molecule has 6 nitrogen and oxygen atoms in total. The fourth-order valence-electron chi connectivity index (χ4n) is 5.71. The van der Waals surface area contributed by atoms with Crippen LogP contribution in [-0.2, 0) is 16.9 Å². The molecule has 0 aliphatic carbocycles. The number of aryl methyl sites for hydroxylation is 1. The van der Waals surface area contributed by atoms with Crippen molar-refractivity contribution in [3.63, 3.8) is 0 Å². The predicted octanol–water partition coefficient (Wildman–Crippen LogP) is 6.29. The van der Waals surface area contributed by atoms with Crippen molar-refractivity contribution in [2.75, 3.05) is 6.61 Å². The molecule has 1 aliphatic rings. The van der Waals surface area contributed by atoms with Crippen molar-refractivity contribution < 1.29 is 14.3 Å². The number of para-hydroxylation sites is 1. The zero-order chi connectivity index (χ0) is 25.6. The van der Waals surface area contributed by atoms with E-state index in [4.69, 9.17) is 14.5 Å². The summed E-state index contributed by atoms with van der Waals surface area (Å²) in [6.45, 7) is 7.46. The fraction of sp³-hybridized carbons (Fsp3) is 0.194. The molecule has 0 spiro atoms. The van der Waals surface area contributed by atoms with Crippen molar-refractivity contribution >= 4 is 16.9 Å². The van der Waals surface area contributed by atoms with Crippen LogP contribution in [0.5, 0.6) is 5.88 Å². The molecule has 2 aromatic carbocycles. The number of benzene rings is 2. The van der Waals surface area contributed by atoms with Gasteiger partial charge in [-0.3, -0.25) is 4.98 Å². The van der Waals surface area contributed by atoms with Gasteiger partial charge >= 0.3 is 5.97 Å². The molecule has 0 radical (unpaired) electrons. The molecule has 1 atom stereocenters. The van der Waals surface area contributed by atoms with E-state index in [1.165, 1.54) is 0 Å². The number of carbonyl (C=O) groups is 1. The molecule has 3 aromatic heterocycles. The third-order valence-electron chi connectivity index (χ3n) is 7.15. The second kappa shape index (κ2) is 8.89. The van der Waals surface area contributed by atoms with Gasteiger partial charge in [-0.15, -0.1) is 0 Å². The molecule has 1 unspecified atom stereocenters. The van der Waals surface area contributed by atoms with E-state index in [0.717, 1.165) is 45.4 Å². The number of ether oxygens (including phenoxy) is 2. The Hall–Kier alpha value is -4.45. The van der Waals surface area contributed by atoms with Crippen LogP contribution in [0.25, 0.3) is 22.0 Å². The number of cyclic esters (lactones) is 1. The van der Waals surface area contributed by atoms with Crippen molar-refractivity contribution in [3.8, 4) is 17.0 Å². The van der Waals surface area contributed by atoms with Gasteiger partial charge in [0.1, 0.15) is 5.69 Å². The van der Waals surface area contributed by atoms with E-state index in [2.05, 4.69) is 35.5 Å². The molecule has 6 rings (SSSR count). The highest BCUT2D eigenvalue weighted by Gasteiger charge is 2.53. The molecule has 0 saturated heterocycles. The molecule has 0 bridgehead atoms. The summed E-state index contributed by atoms with van der Waals surface area (Å²) < 4.78 is 14.5. The largest absolute Gasteiger partial charge is 0.478 e. The normalized spacial score (nSPS) is 16.6. The predicted molar refractivity (Wildman–Crippen MR) is 143 cm³/mol. The van der Waals surface area contributed by atoms with Crippen molar-refractivity contribution in [2.45, 2.75) is 32.9 Å². The number of nitrogens with zero attached hydrogens (tertiary/aromatic N) is 3. The summed E-state index contributed by atoms with van der Waals surface area (Å²) in [5.41, 5.74) is 5.61. The lowest BCUT2D eigenvalue weighted by molar-refractivity contribution is 0.0247. The van der Waals surface area contributed by atoms with Crippen LogP contribution in [0.4, 0.5) is 0 Å². The van der Waals surface area contributed by atoms with Gasteiger partial charge in [0, 0.05) is 52.7 Å². The van der Waals surface area contributed by atoms with Gasteiger partial charge in [0.2, 0.25) is 11.5 Å².